The molecule has 0 fully saturated rings. The molecular formula is C15H16ClNO2. The Balaban J connectivity index is 0.00000180. The topological polar surface area (TPSA) is 52.3 Å². The van der Waals surface area contributed by atoms with Crippen LogP contribution in [0.1, 0.15) is 21.5 Å². The van der Waals surface area contributed by atoms with E-state index < -0.39 is 0 Å². The fourth-order valence-corrected chi connectivity index (χ4v) is 1.63. The Kier molecular flexibility index (Phi) is 6.06. The van der Waals surface area contributed by atoms with Crippen LogP contribution in [0.5, 0.6) is 0 Å². The summed E-state index contributed by atoms with van der Waals surface area (Å²) in [5, 5.41) is 0. The van der Waals surface area contributed by atoms with Gasteiger partial charge in [-0.2, -0.15) is 0 Å². The van der Waals surface area contributed by atoms with Crippen molar-refractivity contribution >= 4 is 18.4 Å². The summed E-state index contributed by atoms with van der Waals surface area (Å²) in [6.07, 6.45) is 0. The van der Waals surface area contributed by atoms with E-state index in [-0.39, 0.29) is 25.0 Å². The van der Waals surface area contributed by atoms with Crippen LogP contribution in [0.3, 0.4) is 0 Å². The minimum atomic E-state index is -0.325. The number of halogens is 1. The summed E-state index contributed by atoms with van der Waals surface area (Å²) in [6, 6.07) is 16.8. The number of carbonyl (C=O) groups is 1. The zero-order valence-electron chi connectivity index (χ0n) is 10.4. The van der Waals surface area contributed by atoms with E-state index in [1.807, 2.05) is 36.4 Å². The predicted molar refractivity (Wildman–Crippen MR) is 77.1 cm³/mol. The van der Waals surface area contributed by atoms with Crippen LogP contribution in [0.4, 0.5) is 0 Å². The van der Waals surface area contributed by atoms with Gasteiger partial charge < -0.3 is 10.5 Å². The van der Waals surface area contributed by atoms with Gasteiger partial charge in [-0.05, 0) is 23.3 Å². The SMILES string of the molecule is Cl.NCc1cccc(C(=O)OCc2ccccc2)c1. The second kappa shape index (κ2) is 7.56. The van der Waals surface area contributed by atoms with Crippen molar-refractivity contribution in [3.05, 3.63) is 71.3 Å². The van der Waals surface area contributed by atoms with Gasteiger partial charge in [-0.15, -0.1) is 12.4 Å². The minimum Gasteiger partial charge on any atom is -0.457 e. The lowest BCUT2D eigenvalue weighted by Crippen LogP contribution is -2.06. The second-order valence-electron chi connectivity index (χ2n) is 3.97. The lowest BCUT2D eigenvalue weighted by molar-refractivity contribution is 0.0472. The van der Waals surface area contributed by atoms with Gasteiger partial charge in [0.05, 0.1) is 5.56 Å². The average Bonchev–Trinajstić information content (AvgIpc) is 2.46. The summed E-state index contributed by atoms with van der Waals surface area (Å²) in [6.45, 7) is 0.701. The van der Waals surface area contributed by atoms with Gasteiger partial charge in [0.1, 0.15) is 6.61 Å². The van der Waals surface area contributed by atoms with Gasteiger partial charge in [0.25, 0.3) is 0 Å². The van der Waals surface area contributed by atoms with Gasteiger partial charge in [-0.3, -0.25) is 0 Å². The molecule has 0 aromatic heterocycles. The fourth-order valence-electron chi connectivity index (χ4n) is 1.63. The van der Waals surface area contributed by atoms with Gasteiger partial charge >= 0.3 is 5.97 Å². The molecule has 3 nitrogen and oxygen atoms in total. The second-order valence-corrected chi connectivity index (χ2v) is 3.97. The first kappa shape index (κ1) is 15.2. The van der Waals surface area contributed by atoms with Crippen LogP contribution in [-0.4, -0.2) is 5.97 Å². The predicted octanol–water partition coefficient (Wildman–Crippen LogP) is 2.92. The van der Waals surface area contributed by atoms with Crippen LogP contribution in [0, 0.1) is 0 Å². The first-order valence-electron chi connectivity index (χ1n) is 5.79. The Morgan fingerprint density at radius 3 is 2.37 bits per heavy atom. The van der Waals surface area contributed by atoms with Crippen LogP contribution in [0.15, 0.2) is 54.6 Å². The van der Waals surface area contributed by atoms with Crippen LogP contribution >= 0.6 is 12.4 Å². The zero-order chi connectivity index (χ0) is 12.8. The quantitative estimate of drug-likeness (QED) is 0.874. The van der Waals surface area contributed by atoms with Crippen LogP contribution in [0.25, 0.3) is 0 Å². The molecule has 4 heteroatoms. The molecule has 0 aliphatic carbocycles. The molecule has 0 radical (unpaired) electrons. The molecule has 0 bridgehead atoms. The first-order valence-corrected chi connectivity index (χ1v) is 5.79. The van der Waals surface area contributed by atoms with Crippen molar-refractivity contribution in [2.45, 2.75) is 13.2 Å². The maximum atomic E-state index is 11.8. The van der Waals surface area contributed by atoms with Crippen molar-refractivity contribution in [1.82, 2.24) is 0 Å². The lowest BCUT2D eigenvalue weighted by atomic mass is 10.1. The Bertz CT molecular complexity index is 529. The van der Waals surface area contributed by atoms with Crippen LogP contribution in [0.2, 0.25) is 0 Å². The van der Waals surface area contributed by atoms with E-state index in [9.17, 15) is 4.79 Å². The van der Waals surface area contributed by atoms with E-state index in [0.717, 1.165) is 11.1 Å². The molecule has 0 aliphatic heterocycles. The molecule has 19 heavy (non-hydrogen) atoms. The third kappa shape index (κ3) is 4.39. The number of rotatable bonds is 4. The highest BCUT2D eigenvalue weighted by Crippen LogP contribution is 2.08. The zero-order valence-corrected chi connectivity index (χ0v) is 11.2. The summed E-state index contributed by atoms with van der Waals surface area (Å²) in [5.41, 5.74) is 7.96. The molecule has 0 heterocycles. The molecule has 2 N–H and O–H groups in total. The van der Waals surface area contributed by atoms with Crippen molar-refractivity contribution in [2.24, 2.45) is 5.73 Å². The Hall–Kier alpha value is -1.84. The monoisotopic (exact) mass is 277 g/mol. The van der Waals surface area contributed by atoms with E-state index in [2.05, 4.69) is 0 Å². The molecule has 0 saturated carbocycles. The number of hydrogen-bond donors (Lipinski definition) is 1. The number of nitrogens with two attached hydrogens (primary N) is 1. The largest absolute Gasteiger partial charge is 0.457 e. The van der Waals surface area contributed by atoms with E-state index in [1.54, 1.807) is 18.2 Å². The van der Waals surface area contributed by atoms with Crippen molar-refractivity contribution < 1.29 is 9.53 Å². The van der Waals surface area contributed by atoms with E-state index in [4.69, 9.17) is 10.5 Å². The Labute approximate surface area is 118 Å². The Morgan fingerprint density at radius 2 is 1.68 bits per heavy atom. The fraction of sp³-hybridized carbons (Fsp3) is 0.133. The maximum Gasteiger partial charge on any atom is 0.338 e. The highest BCUT2D eigenvalue weighted by atomic mass is 35.5. The highest BCUT2D eigenvalue weighted by Gasteiger charge is 2.07. The van der Waals surface area contributed by atoms with Gasteiger partial charge in [0.15, 0.2) is 0 Å². The van der Waals surface area contributed by atoms with E-state index >= 15 is 0 Å². The van der Waals surface area contributed by atoms with Crippen molar-refractivity contribution in [1.29, 1.82) is 0 Å². The standard InChI is InChI=1S/C15H15NO2.ClH/c16-10-13-7-4-8-14(9-13)15(17)18-11-12-5-2-1-3-6-12;/h1-9H,10-11,16H2;1H. The summed E-state index contributed by atoms with van der Waals surface area (Å²) in [5.74, 6) is -0.325. The summed E-state index contributed by atoms with van der Waals surface area (Å²) >= 11 is 0. The van der Waals surface area contributed by atoms with Crippen molar-refractivity contribution in [3.63, 3.8) is 0 Å². The van der Waals surface area contributed by atoms with Gasteiger partial charge in [-0.25, -0.2) is 4.79 Å². The molecule has 100 valence electrons. The third-order valence-electron chi connectivity index (χ3n) is 2.61. The summed E-state index contributed by atoms with van der Waals surface area (Å²) in [7, 11) is 0. The molecule has 0 aliphatic rings. The average molecular weight is 278 g/mol. The van der Waals surface area contributed by atoms with Crippen molar-refractivity contribution in [3.8, 4) is 0 Å². The molecular weight excluding hydrogens is 262 g/mol. The van der Waals surface area contributed by atoms with E-state index in [0.29, 0.717) is 12.1 Å². The third-order valence-corrected chi connectivity index (χ3v) is 2.61. The van der Waals surface area contributed by atoms with Crippen LogP contribution in [-0.2, 0) is 17.9 Å². The number of benzene rings is 2. The number of hydrogen-bond acceptors (Lipinski definition) is 3. The molecule has 0 atom stereocenters. The van der Waals surface area contributed by atoms with Crippen molar-refractivity contribution in [2.75, 3.05) is 0 Å². The van der Waals surface area contributed by atoms with Crippen LogP contribution < -0.4 is 5.73 Å². The minimum absolute atomic E-state index is 0. The maximum absolute atomic E-state index is 11.8. The summed E-state index contributed by atoms with van der Waals surface area (Å²) in [4.78, 5) is 11.8. The summed E-state index contributed by atoms with van der Waals surface area (Å²) < 4.78 is 5.23. The van der Waals surface area contributed by atoms with E-state index in [1.165, 1.54) is 0 Å². The molecule has 2 aromatic rings. The molecule has 0 spiro atoms. The number of esters is 1. The highest BCUT2D eigenvalue weighted by molar-refractivity contribution is 5.89. The number of carbonyl (C=O) groups excluding carboxylic acids is 1. The number of ether oxygens (including phenoxy) is 1. The van der Waals surface area contributed by atoms with Gasteiger partial charge in [0.2, 0.25) is 0 Å². The normalized spacial score (nSPS) is 9.53. The smallest absolute Gasteiger partial charge is 0.338 e. The lowest BCUT2D eigenvalue weighted by Gasteiger charge is -2.06. The first-order chi connectivity index (χ1) is 8.79. The molecule has 2 aromatic carbocycles. The molecule has 0 saturated heterocycles. The molecule has 2 rings (SSSR count). The molecule has 0 amide bonds. The van der Waals surface area contributed by atoms with Gasteiger partial charge in [-0.1, -0.05) is 42.5 Å². The van der Waals surface area contributed by atoms with Gasteiger partial charge in [0, 0.05) is 6.54 Å². The Morgan fingerprint density at radius 1 is 1.00 bits per heavy atom. The molecule has 0 unspecified atom stereocenters.